The van der Waals surface area contributed by atoms with Gasteiger partial charge in [0.2, 0.25) is 0 Å². The van der Waals surface area contributed by atoms with Gasteiger partial charge in [-0.2, -0.15) is 0 Å². The maximum Gasteiger partial charge on any atom is 0.274 e. The fourth-order valence-electron chi connectivity index (χ4n) is 2.42. The molecule has 0 aliphatic carbocycles. The van der Waals surface area contributed by atoms with Gasteiger partial charge in [0.15, 0.2) is 0 Å². The minimum absolute atomic E-state index is 0.106. The normalized spacial score (nSPS) is 10.4. The van der Waals surface area contributed by atoms with Gasteiger partial charge in [-0.3, -0.25) is 9.78 Å². The summed E-state index contributed by atoms with van der Waals surface area (Å²) in [5.41, 5.74) is 2.01. The van der Waals surface area contributed by atoms with E-state index in [0.29, 0.717) is 13.0 Å². The third kappa shape index (κ3) is 4.63. The Morgan fingerprint density at radius 2 is 1.77 bits per heavy atom. The molecule has 0 saturated carbocycles. The van der Waals surface area contributed by atoms with Gasteiger partial charge in [0.1, 0.15) is 17.3 Å². The number of benzene rings is 2. The van der Waals surface area contributed by atoms with Crippen molar-refractivity contribution < 1.29 is 13.6 Å². The monoisotopic (exact) mass is 353 g/mol. The smallest absolute Gasteiger partial charge is 0.274 e. The molecule has 4 nitrogen and oxygen atoms in total. The molecule has 0 atom stereocenters. The van der Waals surface area contributed by atoms with E-state index < -0.39 is 11.7 Å². The van der Waals surface area contributed by atoms with Gasteiger partial charge < -0.3 is 10.6 Å². The molecule has 0 fully saturated rings. The van der Waals surface area contributed by atoms with Crippen LogP contribution in [0.1, 0.15) is 16.1 Å². The molecule has 132 valence electrons. The number of halogens is 2. The number of carbonyl (C=O) groups excluding carboxylic acids is 1. The van der Waals surface area contributed by atoms with Crippen LogP contribution < -0.4 is 10.6 Å². The minimum atomic E-state index is -0.505. The van der Waals surface area contributed by atoms with Gasteiger partial charge in [0.25, 0.3) is 5.91 Å². The lowest BCUT2D eigenvalue weighted by Gasteiger charge is -2.09. The predicted octanol–water partition coefficient (Wildman–Crippen LogP) is 4.27. The highest BCUT2D eigenvalue weighted by molar-refractivity contribution is 6.03. The van der Waals surface area contributed by atoms with Crippen molar-refractivity contribution in [3.63, 3.8) is 0 Å². The van der Waals surface area contributed by atoms with Crippen molar-refractivity contribution in [2.45, 2.75) is 6.42 Å². The topological polar surface area (TPSA) is 54.0 Å². The van der Waals surface area contributed by atoms with E-state index >= 15 is 0 Å². The van der Waals surface area contributed by atoms with Crippen LogP contribution >= 0.6 is 0 Å². The predicted molar refractivity (Wildman–Crippen MR) is 97.2 cm³/mol. The summed E-state index contributed by atoms with van der Waals surface area (Å²) in [6.45, 7) is 0.615. The standard InChI is InChI=1S/C20H17F2N3O/c21-15-7-5-14(6-8-15)9-11-23-16-10-12-24-19(13-16)20(26)25-18-4-2-1-3-17(18)22/h1-8,10,12-13H,9,11H2,(H,23,24)(H,25,26). The Bertz CT molecular complexity index is 898. The highest BCUT2D eigenvalue weighted by atomic mass is 19.1. The number of nitrogens with zero attached hydrogens (tertiary/aromatic N) is 1. The minimum Gasteiger partial charge on any atom is -0.385 e. The van der Waals surface area contributed by atoms with Crippen LogP contribution in [-0.2, 0) is 6.42 Å². The molecule has 0 radical (unpaired) electrons. The van der Waals surface area contributed by atoms with E-state index in [-0.39, 0.29) is 17.2 Å². The molecule has 1 heterocycles. The number of amides is 1. The maximum absolute atomic E-state index is 13.6. The number of rotatable bonds is 6. The van der Waals surface area contributed by atoms with E-state index in [2.05, 4.69) is 15.6 Å². The third-order valence-electron chi connectivity index (χ3n) is 3.77. The number of carbonyl (C=O) groups is 1. The average molecular weight is 353 g/mol. The van der Waals surface area contributed by atoms with Crippen molar-refractivity contribution in [2.24, 2.45) is 0 Å². The van der Waals surface area contributed by atoms with E-state index in [0.717, 1.165) is 11.3 Å². The molecule has 6 heteroatoms. The van der Waals surface area contributed by atoms with Crippen molar-refractivity contribution in [3.8, 4) is 0 Å². The van der Waals surface area contributed by atoms with Gasteiger partial charge in [0.05, 0.1) is 5.69 Å². The van der Waals surface area contributed by atoms with E-state index in [1.807, 2.05) is 0 Å². The molecule has 0 unspecified atom stereocenters. The summed E-state index contributed by atoms with van der Waals surface area (Å²) in [4.78, 5) is 16.3. The molecule has 3 aromatic rings. The number of para-hydroxylation sites is 1. The van der Waals surface area contributed by atoms with Crippen molar-refractivity contribution in [1.82, 2.24) is 4.98 Å². The number of hydrogen-bond donors (Lipinski definition) is 2. The lowest BCUT2D eigenvalue weighted by molar-refractivity contribution is 0.102. The Morgan fingerprint density at radius 1 is 1.00 bits per heavy atom. The van der Waals surface area contributed by atoms with Gasteiger partial charge in [-0.1, -0.05) is 24.3 Å². The Balaban J connectivity index is 1.59. The fraction of sp³-hybridized carbons (Fsp3) is 0.100. The summed E-state index contributed by atoms with van der Waals surface area (Å²) in [6, 6.07) is 15.6. The van der Waals surface area contributed by atoms with Crippen LogP contribution in [0, 0.1) is 11.6 Å². The molecule has 0 bridgehead atoms. The Labute approximate surface area is 149 Å². The van der Waals surface area contributed by atoms with Crippen molar-refractivity contribution in [3.05, 3.63) is 89.8 Å². The maximum atomic E-state index is 13.6. The third-order valence-corrected chi connectivity index (χ3v) is 3.77. The first-order valence-electron chi connectivity index (χ1n) is 8.12. The fourth-order valence-corrected chi connectivity index (χ4v) is 2.42. The molecule has 0 aliphatic rings. The van der Waals surface area contributed by atoms with Crippen LogP contribution in [0.2, 0.25) is 0 Å². The first kappa shape index (κ1) is 17.5. The highest BCUT2D eigenvalue weighted by Crippen LogP contribution is 2.15. The summed E-state index contributed by atoms with van der Waals surface area (Å²) >= 11 is 0. The van der Waals surface area contributed by atoms with E-state index in [4.69, 9.17) is 0 Å². The SMILES string of the molecule is O=C(Nc1ccccc1F)c1cc(NCCc2ccc(F)cc2)ccn1. The van der Waals surface area contributed by atoms with Crippen LogP contribution in [0.25, 0.3) is 0 Å². The molecular weight excluding hydrogens is 336 g/mol. The highest BCUT2D eigenvalue weighted by Gasteiger charge is 2.10. The summed E-state index contributed by atoms with van der Waals surface area (Å²) in [7, 11) is 0. The molecule has 3 rings (SSSR count). The zero-order valence-electron chi connectivity index (χ0n) is 13.9. The average Bonchev–Trinajstić information content (AvgIpc) is 2.65. The van der Waals surface area contributed by atoms with Crippen molar-refractivity contribution in [2.75, 3.05) is 17.2 Å². The first-order chi connectivity index (χ1) is 12.6. The van der Waals surface area contributed by atoms with Crippen molar-refractivity contribution in [1.29, 1.82) is 0 Å². The molecule has 26 heavy (non-hydrogen) atoms. The van der Waals surface area contributed by atoms with Gasteiger partial charge >= 0.3 is 0 Å². The lowest BCUT2D eigenvalue weighted by Crippen LogP contribution is -2.15. The largest absolute Gasteiger partial charge is 0.385 e. The Morgan fingerprint density at radius 3 is 2.54 bits per heavy atom. The van der Waals surface area contributed by atoms with Crippen LogP contribution in [0.15, 0.2) is 66.9 Å². The second kappa shape index (κ2) is 8.20. The van der Waals surface area contributed by atoms with Gasteiger partial charge in [-0.25, -0.2) is 8.78 Å². The van der Waals surface area contributed by atoms with Gasteiger partial charge in [-0.15, -0.1) is 0 Å². The lowest BCUT2D eigenvalue weighted by atomic mass is 10.1. The second-order valence-electron chi connectivity index (χ2n) is 5.67. The number of hydrogen-bond acceptors (Lipinski definition) is 3. The Kier molecular flexibility index (Phi) is 5.53. The zero-order chi connectivity index (χ0) is 18.4. The van der Waals surface area contributed by atoms with Crippen molar-refractivity contribution >= 4 is 17.3 Å². The van der Waals surface area contributed by atoms with Crippen LogP contribution in [0.3, 0.4) is 0 Å². The first-order valence-corrected chi connectivity index (χ1v) is 8.12. The molecule has 0 saturated heterocycles. The van der Waals surface area contributed by atoms with Crippen LogP contribution in [0.4, 0.5) is 20.2 Å². The number of pyridine rings is 1. The van der Waals surface area contributed by atoms with Crippen LogP contribution in [0.5, 0.6) is 0 Å². The van der Waals surface area contributed by atoms with Crippen LogP contribution in [-0.4, -0.2) is 17.4 Å². The van der Waals surface area contributed by atoms with Gasteiger partial charge in [0, 0.05) is 18.4 Å². The summed E-state index contributed by atoms with van der Waals surface area (Å²) in [6.07, 6.45) is 2.22. The molecule has 1 aromatic heterocycles. The van der Waals surface area contributed by atoms with Gasteiger partial charge in [-0.05, 0) is 48.4 Å². The molecule has 2 aromatic carbocycles. The Hall–Kier alpha value is -3.28. The number of nitrogens with one attached hydrogen (secondary N) is 2. The van der Waals surface area contributed by atoms with E-state index in [9.17, 15) is 13.6 Å². The molecule has 0 spiro atoms. The quantitative estimate of drug-likeness (QED) is 0.696. The van der Waals surface area contributed by atoms with E-state index in [1.54, 1.807) is 36.4 Å². The molecular formula is C20H17F2N3O. The molecule has 0 aliphatic heterocycles. The molecule has 1 amide bonds. The molecule has 2 N–H and O–H groups in total. The summed E-state index contributed by atoms with van der Waals surface area (Å²) in [5.74, 6) is -1.26. The van der Waals surface area contributed by atoms with E-state index in [1.165, 1.54) is 30.5 Å². The second-order valence-corrected chi connectivity index (χ2v) is 5.67. The zero-order valence-corrected chi connectivity index (χ0v) is 13.9. The number of aromatic nitrogens is 1. The summed E-state index contributed by atoms with van der Waals surface area (Å²) in [5, 5.41) is 5.69. The summed E-state index contributed by atoms with van der Waals surface area (Å²) < 4.78 is 26.5. The number of anilines is 2.